The highest BCUT2D eigenvalue weighted by molar-refractivity contribution is 7.08. The largest absolute Gasteiger partial charge is 0.395 e. The molecule has 15 heavy (non-hydrogen) atoms. The standard InChI is InChI=1S/C11H17NO2S/c1-8(2)12(4-5-13)11(14)10-7-15-6-9(10)3/h6-8,13H,4-5H2,1-3H3. The Morgan fingerprint density at radius 3 is 2.60 bits per heavy atom. The van der Waals surface area contributed by atoms with Gasteiger partial charge in [0.15, 0.2) is 0 Å². The smallest absolute Gasteiger partial charge is 0.255 e. The monoisotopic (exact) mass is 227 g/mol. The Bertz CT molecular complexity index is 333. The molecule has 0 fully saturated rings. The van der Waals surface area contributed by atoms with Crippen molar-refractivity contribution < 1.29 is 9.90 Å². The normalized spacial score (nSPS) is 10.7. The van der Waals surface area contributed by atoms with Gasteiger partial charge in [0.1, 0.15) is 0 Å². The topological polar surface area (TPSA) is 40.5 Å². The van der Waals surface area contributed by atoms with Gasteiger partial charge >= 0.3 is 0 Å². The minimum absolute atomic E-state index is 0.00705. The van der Waals surface area contributed by atoms with Gasteiger partial charge in [0, 0.05) is 18.0 Å². The third kappa shape index (κ3) is 2.79. The molecular weight excluding hydrogens is 210 g/mol. The van der Waals surface area contributed by atoms with E-state index < -0.39 is 0 Å². The van der Waals surface area contributed by atoms with Gasteiger partial charge in [-0.3, -0.25) is 4.79 Å². The fourth-order valence-electron chi connectivity index (χ4n) is 1.44. The molecule has 1 heterocycles. The van der Waals surface area contributed by atoms with Crippen LogP contribution in [0.4, 0.5) is 0 Å². The van der Waals surface area contributed by atoms with E-state index in [1.54, 1.807) is 4.90 Å². The molecule has 3 nitrogen and oxygen atoms in total. The first-order chi connectivity index (χ1) is 7.07. The number of aliphatic hydroxyl groups is 1. The maximum atomic E-state index is 12.1. The van der Waals surface area contributed by atoms with E-state index in [0.29, 0.717) is 6.54 Å². The second kappa shape index (κ2) is 5.28. The molecule has 0 unspecified atom stereocenters. The highest BCUT2D eigenvalue weighted by Gasteiger charge is 2.19. The van der Waals surface area contributed by atoms with Crippen molar-refractivity contribution in [1.82, 2.24) is 4.90 Å². The molecule has 4 heteroatoms. The van der Waals surface area contributed by atoms with E-state index in [2.05, 4.69) is 0 Å². The molecule has 0 bridgehead atoms. The average molecular weight is 227 g/mol. The van der Waals surface area contributed by atoms with Crippen molar-refractivity contribution in [3.8, 4) is 0 Å². The van der Waals surface area contributed by atoms with E-state index in [0.717, 1.165) is 11.1 Å². The number of hydrogen-bond donors (Lipinski definition) is 1. The molecule has 0 atom stereocenters. The third-order valence-electron chi connectivity index (χ3n) is 2.31. The lowest BCUT2D eigenvalue weighted by Gasteiger charge is -2.25. The molecule has 0 saturated carbocycles. The molecule has 1 rings (SSSR count). The summed E-state index contributed by atoms with van der Waals surface area (Å²) in [6, 6.07) is 0.115. The molecule has 0 aliphatic carbocycles. The van der Waals surface area contributed by atoms with Gasteiger partial charge in [-0.2, -0.15) is 11.3 Å². The van der Waals surface area contributed by atoms with Crippen molar-refractivity contribution in [2.24, 2.45) is 0 Å². The Hall–Kier alpha value is -0.870. The first-order valence-electron chi connectivity index (χ1n) is 5.02. The number of carbonyl (C=O) groups is 1. The van der Waals surface area contributed by atoms with Crippen LogP contribution in [-0.2, 0) is 0 Å². The molecule has 84 valence electrons. The Labute approximate surface area is 94.3 Å². The van der Waals surface area contributed by atoms with Crippen LogP contribution in [0.1, 0.15) is 29.8 Å². The van der Waals surface area contributed by atoms with Crippen LogP contribution in [-0.4, -0.2) is 35.1 Å². The summed E-state index contributed by atoms with van der Waals surface area (Å²) >= 11 is 1.53. The van der Waals surface area contributed by atoms with Gasteiger partial charge < -0.3 is 10.0 Å². The number of hydrogen-bond acceptors (Lipinski definition) is 3. The summed E-state index contributed by atoms with van der Waals surface area (Å²) in [6.45, 7) is 6.24. The minimum Gasteiger partial charge on any atom is -0.395 e. The van der Waals surface area contributed by atoms with Gasteiger partial charge in [0.05, 0.1) is 12.2 Å². The summed E-state index contributed by atoms with van der Waals surface area (Å²) in [6.07, 6.45) is 0. The summed E-state index contributed by atoms with van der Waals surface area (Å²) in [5, 5.41) is 12.7. The number of carbonyl (C=O) groups excluding carboxylic acids is 1. The first kappa shape index (κ1) is 12.2. The number of rotatable bonds is 4. The first-order valence-corrected chi connectivity index (χ1v) is 5.96. The SMILES string of the molecule is Cc1cscc1C(=O)N(CCO)C(C)C. The van der Waals surface area contributed by atoms with E-state index in [1.807, 2.05) is 31.5 Å². The fourth-order valence-corrected chi connectivity index (χ4v) is 2.26. The Morgan fingerprint density at radius 2 is 2.20 bits per heavy atom. The minimum atomic E-state index is 0.00705. The maximum absolute atomic E-state index is 12.1. The predicted molar refractivity (Wildman–Crippen MR) is 62.3 cm³/mol. The lowest BCUT2D eigenvalue weighted by molar-refractivity contribution is 0.0665. The Kier molecular flexibility index (Phi) is 4.29. The Balaban J connectivity index is 2.86. The summed E-state index contributed by atoms with van der Waals surface area (Å²) in [4.78, 5) is 13.8. The number of thiophene rings is 1. The molecule has 1 N–H and O–H groups in total. The number of aliphatic hydroxyl groups excluding tert-OH is 1. The maximum Gasteiger partial charge on any atom is 0.255 e. The molecule has 0 aliphatic rings. The van der Waals surface area contributed by atoms with E-state index in [1.165, 1.54) is 11.3 Å². The molecule has 0 spiro atoms. The van der Waals surface area contributed by atoms with Crippen LogP contribution in [0.3, 0.4) is 0 Å². The van der Waals surface area contributed by atoms with Crippen LogP contribution in [0, 0.1) is 6.92 Å². The van der Waals surface area contributed by atoms with Crippen molar-refractivity contribution >= 4 is 17.2 Å². The molecule has 1 amide bonds. The second-order valence-corrected chi connectivity index (χ2v) is 4.53. The molecule has 0 aliphatic heterocycles. The summed E-state index contributed by atoms with van der Waals surface area (Å²) in [5.41, 5.74) is 1.76. The lowest BCUT2D eigenvalue weighted by Crippen LogP contribution is -2.39. The zero-order valence-electron chi connectivity index (χ0n) is 9.36. The van der Waals surface area contributed by atoms with Crippen molar-refractivity contribution in [1.29, 1.82) is 0 Å². The van der Waals surface area contributed by atoms with Crippen molar-refractivity contribution in [2.45, 2.75) is 26.8 Å². The van der Waals surface area contributed by atoms with Crippen molar-refractivity contribution in [2.75, 3.05) is 13.2 Å². The van der Waals surface area contributed by atoms with Crippen LogP contribution in [0.5, 0.6) is 0 Å². The summed E-state index contributed by atoms with van der Waals surface area (Å²) in [5.74, 6) is 0.0119. The van der Waals surface area contributed by atoms with Crippen LogP contribution in [0.25, 0.3) is 0 Å². The number of nitrogens with zero attached hydrogens (tertiary/aromatic N) is 1. The number of amides is 1. The van der Waals surface area contributed by atoms with Crippen LogP contribution in [0.2, 0.25) is 0 Å². The van der Waals surface area contributed by atoms with E-state index >= 15 is 0 Å². The van der Waals surface area contributed by atoms with Crippen LogP contribution < -0.4 is 0 Å². The third-order valence-corrected chi connectivity index (χ3v) is 3.17. The van der Waals surface area contributed by atoms with Gasteiger partial charge in [0.25, 0.3) is 5.91 Å². The van der Waals surface area contributed by atoms with Gasteiger partial charge in [-0.05, 0) is 31.7 Å². The zero-order valence-corrected chi connectivity index (χ0v) is 10.2. The zero-order chi connectivity index (χ0) is 11.4. The van der Waals surface area contributed by atoms with Gasteiger partial charge in [-0.15, -0.1) is 0 Å². The Morgan fingerprint density at radius 1 is 1.53 bits per heavy atom. The molecule has 0 aromatic carbocycles. The lowest BCUT2D eigenvalue weighted by atomic mass is 10.1. The highest BCUT2D eigenvalue weighted by atomic mass is 32.1. The van der Waals surface area contributed by atoms with Crippen LogP contribution >= 0.6 is 11.3 Å². The van der Waals surface area contributed by atoms with E-state index in [-0.39, 0.29) is 18.6 Å². The van der Waals surface area contributed by atoms with Gasteiger partial charge in [-0.1, -0.05) is 0 Å². The van der Waals surface area contributed by atoms with Gasteiger partial charge in [0.2, 0.25) is 0 Å². The van der Waals surface area contributed by atoms with Crippen LogP contribution in [0.15, 0.2) is 10.8 Å². The quantitative estimate of drug-likeness (QED) is 0.853. The summed E-state index contributed by atoms with van der Waals surface area (Å²) in [7, 11) is 0. The predicted octanol–water partition coefficient (Wildman–Crippen LogP) is 1.90. The van der Waals surface area contributed by atoms with Crippen molar-refractivity contribution in [3.05, 3.63) is 21.9 Å². The number of aryl methyl sites for hydroxylation is 1. The summed E-state index contributed by atoms with van der Waals surface area (Å²) < 4.78 is 0. The molecule has 0 saturated heterocycles. The van der Waals surface area contributed by atoms with E-state index in [9.17, 15) is 4.79 Å². The molecule has 0 radical (unpaired) electrons. The van der Waals surface area contributed by atoms with E-state index in [4.69, 9.17) is 5.11 Å². The molecule has 1 aromatic heterocycles. The van der Waals surface area contributed by atoms with Crippen molar-refractivity contribution in [3.63, 3.8) is 0 Å². The molecular formula is C11H17NO2S. The second-order valence-electron chi connectivity index (χ2n) is 3.78. The fraction of sp³-hybridized carbons (Fsp3) is 0.545. The van der Waals surface area contributed by atoms with Gasteiger partial charge in [-0.25, -0.2) is 0 Å². The molecule has 1 aromatic rings. The highest BCUT2D eigenvalue weighted by Crippen LogP contribution is 2.17. The average Bonchev–Trinajstić information content (AvgIpc) is 2.59.